The van der Waals surface area contributed by atoms with Crippen molar-refractivity contribution in [1.29, 1.82) is 0 Å². The van der Waals surface area contributed by atoms with Gasteiger partial charge in [0.25, 0.3) is 0 Å². The second kappa shape index (κ2) is 12.4. The molecule has 0 spiro atoms. The van der Waals surface area contributed by atoms with Crippen molar-refractivity contribution in [3.05, 3.63) is 23.8 Å². The van der Waals surface area contributed by atoms with Gasteiger partial charge >= 0.3 is 0 Å². The second-order valence-electron chi connectivity index (χ2n) is 5.07. The van der Waals surface area contributed by atoms with Gasteiger partial charge in [-0.1, -0.05) is 44.6 Å². The zero-order chi connectivity index (χ0) is 14.5. The zero-order valence-corrected chi connectivity index (χ0v) is 13.8. The molecule has 0 atom stereocenters. The lowest BCUT2D eigenvalue weighted by Gasteiger charge is -2.31. The van der Waals surface area contributed by atoms with E-state index in [9.17, 15) is 0 Å². The van der Waals surface area contributed by atoms with E-state index in [1.165, 1.54) is 57.6 Å². The zero-order valence-electron chi connectivity index (χ0n) is 13.8. The lowest BCUT2D eigenvalue weighted by Crippen LogP contribution is -2.44. The van der Waals surface area contributed by atoms with Gasteiger partial charge in [-0.3, -0.25) is 0 Å². The summed E-state index contributed by atoms with van der Waals surface area (Å²) in [7, 11) is 2.19. The molecule has 0 amide bonds. The molecule has 1 fully saturated rings. The van der Waals surface area contributed by atoms with Gasteiger partial charge in [-0.15, -0.1) is 0 Å². The standard InChI is InChI=1S/C8H12.C7H16N2.C2H6/c1-8-6-4-2-3-5-7-8;1-3-9-6-4-8(2)5-7-9;1-2/h2,4,6H,3,5,7H2,1H3;3-7H2,1-2H3;1-2H3. The summed E-state index contributed by atoms with van der Waals surface area (Å²) in [5.74, 6) is 0. The smallest absolute Gasteiger partial charge is 0.0110 e. The van der Waals surface area contributed by atoms with E-state index >= 15 is 0 Å². The molecule has 2 heteroatoms. The molecule has 19 heavy (non-hydrogen) atoms. The SMILES string of the molecule is CC.CC1=CC=CCCC1.CCN1CCN(C)CC1. The minimum absolute atomic E-state index is 1.22. The summed E-state index contributed by atoms with van der Waals surface area (Å²) in [5.41, 5.74) is 1.51. The second-order valence-corrected chi connectivity index (χ2v) is 5.07. The van der Waals surface area contributed by atoms with Gasteiger partial charge in [-0.2, -0.15) is 0 Å². The molecule has 2 rings (SSSR count). The molecule has 1 heterocycles. The Morgan fingerprint density at radius 2 is 1.74 bits per heavy atom. The Morgan fingerprint density at radius 3 is 2.32 bits per heavy atom. The fourth-order valence-electron chi connectivity index (χ4n) is 2.07. The lowest BCUT2D eigenvalue weighted by atomic mass is 10.1. The average Bonchev–Trinajstić information content (AvgIpc) is 2.70. The Bertz CT molecular complexity index is 248. The molecular formula is C17H34N2. The minimum Gasteiger partial charge on any atom is -0.304 e. The summed E-state index contributed by atoms with van der Waals surface area (Å²) < 4.78 is 0. The normalized spacial score (nSPS) is 20.4. The van der Waals surface area contributed by atoms with Crippen LogP contribution in [0.15, 0.2) is 23.8 Å². The molecule has 0 unspecified atom stereocenters. The molecule has 0 radical (unpaired) electrons. The van der Waals surface area contributed by atoms with Gasteiger partial charge in [0, 0.05) is 26.2 Å². The Labute approximate surface area is 121 Å². The maximum Gasteiger partial charge on any atom is 0.0110 e. The maximum absolute atomic E-state index is 2.49. The first-order valence-electron chi connectivity index (χ1n) is 7.95. The van der Waals surface area contributed by atoms with E-state index < -0.39 is 0 Å². The first-order chi connectivity index (χ1) is 9.22. The summed E-state index contributed by atoms with van der Waals surface area (Å²) in [4.78, 5) is 4.87. The number of likely N-dealkylation sites (N-methyl/N-ethyl adjacent to an activating group) is 2. The van der Waals surface area contributed by atoms with E-state index in [2.05, 4.69) is 48.9 Å². The van der Waals surface area contributed by atoms with Crippen LogP contribution < -0.4 is 0 Å². The molecule has 0 N–H and O–H groups in total. The molecule has 0 aromatic heterocycles. The summed E-state index contributed by atoms with van der Waals surface area (Å²) in [6.45, 7) is 14.6. The van der Waals surface area contributed by atoms with E-state index in [-0.39, 0.29) is 0 Å². The van der Waals surface area contributed by atoms with Crippen LogP contribution in [-0.2, 0) is 0 Å². The summed E-state index contributed by atoms with van der Waals surface area (Å²) in [5, 5.41) is 0. The number of hydrogen-bond acceptors (Lipinski definition) is 2. The molecule has 1 saturated heterocycles. The Hall–Kier alpha value is -0.600. The lowest BCUT2D eigenvalue weighted by molar-refractivity contribution is 0.160. The minimum atomic E-state index is 1.22. The highest BCUT2D eigenvalue weighted by atomic mass is 15.2. The predicted octanol–water partition coefficient (Wildman–Crippen LogP) is 3.95. The van der Waals surface area contributed by atoms with Crippen molar-refractivity contribution in [3.8, 4) is 0 Å². The van der Waals surface area contributed by atoms with Crippen molar-refractivity contribution in [2.45, 2.75) is 47.0 Å². The molecule has 1 aliphatic heterocycles. The van der Waals surface area contributed by atoms with E-state index in [0.29, 0.717) is 0 Å². The average molecular weight is 266 g/mol. The predicted molar refractivity (Wildman–Crippen MR) is 87.7 cm³/mol. The van der Waals surface area contributed by atoms with Gasteiger partial charge < -0.3 is 9.80 Å². The molecule has 0 aromatic carbocycles. The number of piperazine rings is 1. The van der Waals surface area contributed by atoms with E-state index in [1.807, 2.05) is 13.8 Å². The third-order valence-corrected chi connectivity index (χ3v) is 3.50. The fourth-order valence-corrected chi connectivity index (χ4v) is 2.07. The third-order valence-electron chi connectivity index (χ3n) is 3.50. The first-order valence-corrected chi connectivity index (χ1v) is 7.95. The highest BCUT2D eigenvalue weighted by molar-refractivity contribution is 5.12. The Morgan fingerprint density at radius 1 is 1.11 bits per heavy atom. The van der Waals surface area contributed by atoms with Crippen LogP contribution in [0.25, 0.3) is 0 Å². The molecule has 2 nitrogen and oxygen atoms in total. The van der Waals surface area contributed by atoms with Crippen molar-refractivity contribution >= 4 is 0 Å². The molecule has 112 valence electrons. The van der Waals surface area contributed by atoms with Crippen molar-refractivity contribution in [2.24, 2.45) is 0 Å². The van der Waals surface area contributed by atoms with Crippen molar-refractivity contribution < 1.29 is 0 Å². The van der Waals surface area contributed by atoms with Crippen LogP contribution in [0.2, 0.25) is 0 Å². The van der Waals surface area contributed by atoms with E-state index in [0.717, 1.165) is 0 Å². The highest BCUT2D eigenvalue weighted by Crippen LogP contribution is 2.10. The van der Waals surface area contributed by atoms with Gasteiger partial charge in [0.05, 0.1) is 0 Å². The molecule has 2 aliphatic rings. The summed E-state index contributed by atoms with van der Waals surface area (Å²) in [6.07, 6.45) is 10.5. The third kappa shape index (κ3) is 9.92. The van der Waals surface area contributed by atoms with Crippen molar-refractivity contribution in [3.63, 3.8) is 0 Å². The monoisotopic (exact) mass is 266 g/mol. The largest absolute Gasteiger partial charge is 0.304 e. The van der Waals surface area contributed by atoms with Gasteiger partial charge in [0.2, 0.25) is 0 Å². The van der Waals surface area contributed by atoms with Crippen LogP contribution in [-0.4, -0.2) is 49.6 Å². The van der Waals surface area contributed by atoms with Crippen LogP contribution in [0.3, 0.4) is 0 Å². The summed E-state index contributed by atoms with van der Waals surface area (Å²) >= 11 is 0. The van der Waals surface area contributed by atoms with E-state index in [4.69, 9.17) is 0 Å². The number of nitrogens with zero attached hydrogens (tertiary/aromatic N) is 2. The quantitative estimate of drug-likeness (QED) is 0.709. The van der Waals surface area contributed by atoms with Gasteiger partial charge in [0.15, 0.2) is 0 Å². The van der Waals surface area contributed by atoms with Crippen LogP contribution in [0.4, 0.5) is 0 Å². The van der Waals surface area contributed by atoms with Gasteiger partial charge in [0.1, 0.15) is 0 Å². The molecule has 0 aromatic rings. The van der Waals surface area contributed by atoms with Crippen LogP contribution in [0.5, 0.6) is 0 Å². The molecular weight excluding hydrogens is 232 g/mol. The fraction of sp³-hybridized carbons (Fsp3) is 0.765. The Balaban J connectivity index is 0.000000303. The summed E-state index contributed by atoms with van der Waals surface area (Å²) in [6, 6.07) is 0. The highest BCUT2D eigenvalue weighted by Gasteiger charge is 2.10. The van der Waals surface area contributed by atoms with Gasteiger partial charge in [-0.25, -0.2) is 0 Å². The molecule has 0 saturated carbocycles. The molecule has 1 aliphatic carbocycles. The Kier molecular flexibility index (Phi) is 12.0. The van der Waals surface area contributed by atoms with Crippen LogP contribution in [0, 0.1) is 0 Å². The van der Waals surface area contributed by atoms with Crippen molar-refractivity contribution in [1.82, 2.24) is 9.80 Å². The van der Waals surface area contributed by atoms with E-state index in [1.54, 1.807) is 0 Å². The number of hydrogen-bond donors (Lipinski definition) is 0. The number of allylic oxidation sites excluding steroid dienone is 4. The van der Waals surface area contributed by atoms with Crippen molar-refractivity contribution in [2.75, 3.05) is 39.8 Å². The maximum atomic E-state index is 2.49. The topological polar surface area (TPSA) is 6.48 Å². The van der Waals surface area contributed by atoms with Crippen LogP contribution >= 0.6 is 0 Å². The first kappa shape index (κ1) is 18.4. The van der Waals surface area contributed by atoms with Gasteiger partial charge in [-0.05, 0) is 39.8 Å². The molecule has 0 bridgehead atoms. The van der Waals surface area contributed by atoms with Crippen LogP contribution in [0.1, 0.15) is 47.0 Å². The number of rotatable bonds is 1.